The van der Waals surface area contributed by atoms with Gasteiger partial charge in [0.25, 0.3) is 0 Å². The maximum Gasteiger partial charge on any atom is 0.320 e. The van der Waals surface area contributed by atoms with Gasteiger partial charge in [0.05, 0.1) is 12.1 Å². The Labute approximate surface area is 174 Å². The number of carbonyl (C=O) groups is 2. The Hall–Kier alpha value is -3.20. The summed E-state index contributed by atoms with van der Waals surface area (Å²) in [5.74, 6) is 1.36. The van der Waals surface area contributed by atoms with Crippen LogP contribution in [0, 0.1) is 0 Å². The molecule has 1 aromatic heterocycles. The lowest BCUT2D eigenvalue weighted by Crippen LogP contribution is -2.63. The Balaban J connectivity index is 1.13. The predicted octanol–water partition coefficient (Wildman–Crippen LogP) is 1.38. The van der Waals surface area contributed by atoms with Gasteiger partial charge in [-0.15, -0.1) is 5.10 Å². The van der Waals surface area contributed by atoms with Gasteiger partial charge in [-0.25, -0.2) is 4.79 Å². The van der Waals surface area contributed by atoms with Crippen LogP contribution in [0.4, 0.5) is 4.79 Å². The predicted molar refractivity (Wildman–Crippen MR) is 106 cm³/mol. The Bertz CT molecular complexity index is 917. The van der Waals surface area contributed by atoms with E-state index in [1.807, 2.05) is 34.1 Å². The van der Waals surface area contributed by atoms with Crippen LogP contribution < -0.4 is 10.1 Å². The van der Waals surface area contributed by atoms with Gasteiger partial charge in [0.2, 0.25) is 11.8 Å². The number of hydrogen-bond acceptors (Lipinski definition) is 6. The molecule has 30 heavy (non-hydrogen) atoms. The molecule has 9 nitrogen and oxygen atoms in total. The van der Waals surface area contributed by atoms with E-state index < -0.39 is 0 Å². The summed E-state index contributed by atoms with van der Waals surface area (Å²) in [6.45, 7) is 2.66. The minimum absolute atomic E-state index is 0.0125. The molecular formula is C21H23N5O4. The molecule has 1 aromatic carbocycles. The number of ether oxygens (including phenoxy) is 2. The molecule has 3 fully saturated rings. The molecule has 1 N–H and O–H groups in total. The van der Waals surface area contributed by atoms with E-state index in [2.05, 4.69) is 15.5 Å². The van der Waals surface area contributed by atoms with Crippen molar-refractivity contribution in [2.45, 2.75) is 24.5 Å². The molecule has 4 heterocycles. The van der Waals surface area contributed by atoms with Crippen molar-refractivity contribution in [2.24, 2.45) is 0 Å². The first-order chi connectivity index (χ1) is 14.7. The third-order valence-corrected chi connectivity index (χ3v) is 5.87. The van der Waals surface area contributed by atoms with Crippen LogP contribution in [-0.2, 0) is 9.53 Å². The summed E-state index contributed by atoms with van der Waals surface area (Å²) in [4.78, 5) is 28.1. The van der Waals surface area contributed by atoms with Gasteiger partial charge >= 0.3 is 6.03 Å². The number of benzene rings is 1. The van der Waals surface area contributed by atoms with Crippen molar-refractivity contribution in [3.63, 3.8) is 0 Å². The largest absolute Gasteiger partial charge is 0.438 e. The van der Waals surface area contributed by atoms with Crippen LogP contribution in [0.15, 0.2) is 42.6 Å². The first-order valence-corrected chi connectivity index (χ1v) is 10.2. The minimum atomic E-state index is -0.110. The number of rotatable bonds is 3. The first kappa shape index (κ1) is 18.8. The summed E-state index contributed by atoms with van der Waals surface area (Å²) in [5, 5.41) is 10.6. The highest BCUT2D eigenvalue weighted by Gasteiger charge is 2.40. The summed E-state index contributed by atoms with van der Waals surface area (Å²) in [7, 11) is 0. The van der Waals surface area contributed by atoms with E-state index in [-0.39, 0.29) is 30.7 Å². The third-order valence-electron chi connectivity index (χ3n) is 5.87. The van der Waals surface area contributed by atoms with Crippen LogP contribution in [-0.4, -0.2) is 76.9 Å². The van der Waals surface area contributed by atoms with Crippen LogP contribution in [0.5, 0.6) is 11.6 Å². The molecule has 0 spiro atoms. The molecule has 9 heteroatoms. The van der Waals surface area contributed by atoms with E-state index in [4.69, 9.17) is 9.47 Å². The quantitative estimate of drug-likeness (QED) is 0.823. The SMILES string of the molecule is O=C1CO[C@H]2CCN(C(=O)N3CC(c4ccc(Oc5cccnn5)cc4)C3)C[C@H]2N1. The van der Waals surface area contributed by atoms with Crippen molar-refractivity contribution in [1.29, 1.82) is 0 Å². The summed E-state index contributed by atoms with van der Waals surface area (Å²) in [6.07, 6.45) is 2.36. The highest BCUT2D eigenvalue weighted by atomic mass is 16.5. The van der Waals surface area contributed by atoms with Gasteiger partial charge < -0.3 is 24.6 Å². The van der Waals surface area contributed by atoms with Gasteiger partial charge in [-0.3, -0.25) is 4.79 Å². The lowest BCUT2D eigenvalue weighted by Gasteiger charge is -2.46. The van der Waals surface area contributed by atoms with Crippen LogP contribution >= 0.6 is 0 Å². The van der Waals surface area contributed by atoms with Gasteiger partial charge in [0, 0.05) is 44.4 Å². The molecule has 5 rings (SSSR count). The molecule has 156 valence electrons. The van der Waals surface area contributed by atoms with Gasteiger partial charge in [0.15, 0.2) is 0 Å². The zero-order valence-electron chi connectivity index (χ0n) is 16.4. The summed E-state index contributed by atoms with van der Waals surface area (Å²) in [6, 6.07) is 11.3. The van der Waals surface area contributed by atoms with Crippen molar-refractivity contribution in [2.75, 3.05) is 32.8 Å². The van der Waals surface area contributed by atoms with E-state index >= 15 is 0 Å². The molecule has 3 saturated heterocycles. The Morgan fingerprint density at radius 1 is 1.13 bits per heavy atom. The molecule has 0 saturated carbocycles. The fraction of sp³-hybridized carbons (Fsp3) is 0.429. The number of likely N-dealkylation sites (tertiary alicyclic amines) is 2. The number of amides is 3. The molecule has 2 atom stereocenters. The number of aromatic nitrogens is 2. The summed E-state index contributed by atoms with van der Waals surface area (Å²) >= 11 is 0. The second-order valence-corrected chi connectivity index (χ2v) is 7.88. The average Bonchev–Trinajstić information content (AvgIpc) is 2.74. The number of nitrogens with one attached hydrogen (secondary N) is 1. The second-order valence-electron chi connectivity index (χ2n) is 7.88. The molecule has 3 aliphatic heterocycles. The maximum absolute atomic E-state index is 12.8. The average molecular weight is 409 g/mol. The van der Waals surface area contributed by atoms with Crippen molar-refractivity contribution in [3.05, 3.63) is 48.2 Å². The maximum atomic E-state index is 12.8. The number of carbonyl (C=O) groups excluding carboxylic acids is 2. The lowest BCUT2D eigenvalue weighted by molar-refractivity contribution is -0.139. The van der Waals surface area contributed by atoms with Crippen LogP contribution in [0.1, 0.15) is 17.9 Å². The van der Waals surface area contributed by atoms with Crippen molar-refractivity contribution in [3.8, 4) is 11.6 Å². The molecule has 3 amide bonds. The second kappa shape index (κ2) is 7.91. The molecule has 3 aliphatic rings. The lowest BCUT2D eigenvalue weighted by atomic mass is 9.91. The molecule has 0 radical (unpaired) electrons. The van der Waals surface area contributed by atoms with Gasteiger partial charge in [0.1, 0.15) is 12.4 Å². The van der Waals surface area contributed by atoms with Gasteiger partial charge in [-0.1, -0.05) is 12.1 Å². The minimum Gasteiger partial charge on any atom is -0.438 e. The number of fused-ring (bicyclic) bond motifs is 1. The van der Waals surface area contributed by atoms with Crippen LogP contribution in [0.3, 0.4) is 0 Å². The van der Waals surface area contributed by atoms with E-state index in [0.29, 0.717) is 43.7 Å². The summed E-state index contributed by atoms with van der Waals surface area (Å²) in [5.41, 5.74) is 1.18. The number of hydrogen-bond donors (Lipinski definition) is 1. The molecule has 0 unspecified atom stereocenters. The number of nitrogens with zero attached hydrogens (tertiary/aromatic N) is 4. The molecule has 0 aliphatic carbocycles. The highest BCUT2D eigenvalue weighted by Crippen LogP contribution is 2.30. The highest BCUT2D eigenvalue weighted by molar-refractivity contribution is 5.79. The fourth-order valence-electron chi connectivity index (χ4n) is 4.19. The van der Waals surface area contributed by atoms with Crippen LogP contribution in [0.2, 0.25) is 0 Å². The number of piperidine rings is 1. The molecular weight excluding hydrogens is 386 g/mol. The van der Waals surface area contributed by atoms with Gasteiger partial charge in [-0.05, 0) is 30.2 Å². The van der Waals surface area contributed by atoms with E-state index in [0.717, 1.165) is 6.42 Å². The standard InChI is InChI=1S/C21H23N5O4/c27-19-13-29-18-7-9-25(12-17(18)23-19)21(28)26-10-15(11-26)14-3-5-16(6-4-14)30-20-2-1-8-22-24-20/h1-6,8,15,17-18H,7,9-13H2,(H,23,27)/t17-,18+/m1/s1. The van der Waals surface area contributed by atoms with E-state index in [9.17, 15) is 9.59 Å². The zero-order valence-corrected chi connectivity index (χ0v) is 16.4. The Morgan fingerprint density at radius 3 is 2.73 bits per heavy atom. The van der Waals surface area contributed by atoms with Crippen molar-refractivity contribution in [1.82, 2.24) is 25.3 Å². The number of urea groups is 1. The molecule has 2 aromatic rings. The van der Waals surface area contributed by atoms with Gasteiger partial charge in [-0.2, -0.15) is 5.10 Å². The van der Waals surface area contributed by atoms with Crippen LogP contribution in [0.25, 0.3) is 0 Å². The van der Waals surface area contributed by atoms with E-state index in [1.54, 1.807) is 18.3 Å². The monoisotopic (exact) mass is 409 g/mol. The van der Waals surface area contributed by atoms with Crippen molar-refractivity contribution < 1.29 is 19.1 Å². The third kappa shape index (κ3) is 3.80. The topological polar surface area (TPSA) is 96.9 Å². The zero-order chi connectivity index (χ0) is 20.5. The number of morpholine rings is 1. The molecule has 0 bridgehead atoms. The summed E-state index contributed by atoms with van der Waals surface area (Å²) < 4.78 is 11.2. The fourth-order valence-corrected chi connectivity index (χ4v) is 4.19. The smallest absolute Gasteiger partial charge is 0.320 e. The normalized spacial score (nSPS) is 23.9. The Morgan fingerprint density at radius 2 is 1.97 bits per heavy atom. The Kier molecular flexibility index (Phi) is 4.96. The van der Waals surface area contributed by atoms with Crippen molar-refractivity contribution >= 4 is 11.9 Å². The van der Waals surface area contributed by atoms with E-state index in [1.165, 1.54) is 5.56 Å². The first-order valence-electron chi connectivity index (χ1n) is 10.2.